The Morgan fingerprint density at radius 2 is 1.51 bits per heavy atom. The predicted molar refractivity (Wildman–Crippen MR) is 130 cm³/mol. The molecule has 178 valence electrons. The van der Waals surface area contributed by atoms with Gasteiger partial charge in [-0.05, 0) is 61.4 Å². The second kappa shape index (κ2) is 10.3. The highest BCUT2D eigenvalue weighted by Crippen LogP contribution is 2.31. The summed E-state index contributed by atoms with van der Waals surface area (Å²) in [5.74, 6) is -1.95. The molecule has 0 unspecified atom stereocenters. The maximum Gasteiger partial charge on any atom is 0.343 e. The van der Waals surface area contributed by atoms with Crippen molar-refractivity contribution in [3.05, 3.63) is 95.1 Å². The summed E-state index contributed by atoms with van der Waals surface area (Å²) in [5.41, 5.74) is 3.47. The van der Waals surface area contributed by atoms with Crippen molar-refractivity contribution < 1.29 is 28.7 Å². The van der Waals surface area contributed by atoms with Crippen molar-refractivity contribution in [2.45, 2.75) is 20.3 Å². The Hall–Kier alpha value is -4.26. The van der Waals surface area contributed by atoms with Crippen molar-refractivity contribution in [2.75, 3.05) is 18.1 Å². The van der Waals surface area contributed by atoms with E-state index in [1.807, 2.05) is 32.0 Å². The molecule has 3 aromatic carbocycles. The fourth-order valence-corrected chi connectivity index (χ4v) is 4.10. The van der Waals surface area contributed by atoms with Crippen molar-refractivity contribution in [1.29, 1.82) is 0 Å². The van der Waals surface area contributed by atoms with Gasteiger partial charge >= 0.3 is 11.9 Å². The number of ether oxygens (including phenoxy) is 2. The van der Waals surface area contributed by atoms with Gasteiger partial charge in [0.2, 0.25) is 5.91 Å². The average molecular weight is 472 g/mol. The predicted octanol–water partition coefficient (Wildman–Crippen LogP) is 4.30. The Kier molecular flexibility index (Phi) is 7.06. The molecule has 0 bridgehead atoms. The van der Waals surface area contributed by atoms with Crippen LogP contribution in [0.3, 0.4) is 0 Å². The maximum atomic E-state index is 12.6. The number of aryl methyl sites for hydroxylation is 2. The van der Waals surface area contributed by atoms with Crippen LogP contribution in [-0.4, -0.2) is 36.8 Å². The van der Waals surface area contributed by atoms with E-state index in [0.717, 1.165) is 16.8 Å². The van der Waals surface area contributed by atoms with Crippen LogP contribution in [0.15, 0.2) is 72.8 Å². The standard InChI is InChI=1S/C28H25NO6/c1-18-7-6-8-19(2)26(18)29-16-22(15-25(29)31)27(32)34-17-24(30)20-11-13-23(14-12-20)35-28(33)21-9-4-3-5-10-21/h3-14,22H,15-17H2,1-2H3/t22-/m1/s1. The monoisotopic (exact) mass is 471 g/mol. The van der Waals surface area contributed by atoms with Crippen LogP contribution in [0.1, 0.15) is 38.3 Å². The molecule has 1 aliphatic heterocycles. The number of Topliss-reactive ketones (excluding diaryl/α,β-unsaturated/α-hetero) is 1. The average Bonchev–Trinajstić information content (AvgIpc) is 3.24. The number of esters is 2. The van der Waals surface area contributed by atoms with Gasteiger partial charge < -0.3 is 14.4 Å². The zero-order valence-electron chi connectivity index (χ0n) is 19.5. The van der Waals surface area contributed by atoms with Gasteiger partial charge in [-0.1, -0.05) is 36.4 Å². The fourth-order valence-electron chi connectivity index (χ4n) is 4.10. The lowest BCUT2D eigenvalue weighted by Crippen LogP contribution is -2.28. The number of hydrogen-bond donors (Lipinski definition) is 0. The summed E-state index contributed by atoms with van der Waals surface area (Å²) in [6, 6.07) is 20.4. The van der Waals surface area contributed by atoms with Gasteiger partial charge in [-0.15, -0.1) is 0 Å². The second-order valence-corrected chi connectivity index (χ2v) is 8.46. The number of anilines is 1. The van der Waals surface area contributed by atoms with Crippen molar-refractivity contribution in [3.8, 4) is 5.75 Å². The molecule has 3 aromatic rings. The van der Waals surface area contributed by atoms with E-state index in [2.05, 4.69) is 0 Å². The number of nitrogens with zero attached hydrogens (tertiary/aromatic N) is 1. The summed E-state index contributed by atoms with van der Waals surface area (Å²) in [5, 5.41) is 0. The molecular formula is C28H25NO6. The summed E-state index contributed by atoms with van der Waals surface area (Å²) in [7, 11) is 0. The van der Waals surface area contributed by atoms with Crippen molar-refractivity contribution in [3.63, 3.8) is 0 Å². The van der Waals surface area contributed by atoms with E-state index in [1.54, 1.807) is 35.2 Å². The lowest BCUT2D eigenvalue weighted by Gasteiger charge is -2.21. The Balaban J connectivity index is 1.31. The first-order chi connectivity index (χ1) is 16.8. The minimum absolute atomic E-state index is 0.0439. The van der Waals surface area contributed by atoms with Crippen molar-refractivity contribution in [2.24, 2.45) is 5.92 Å². The lowest BCUT2D eigenvalue weighted by atomic mass is 10.1. The molecule has 0 N–H and O–H groups in total. The third-order valence-corrected chi connectivity index (χ3v) is 5.91. The number of carbonyl (C=O) groups is 4. The second-order valence-electron chi connectivity index (χ2n) is 8.46. The van der Waals surface area contributed by atoms with E-state index in [4.69, 9.17) is 9.47 Å². The maximum absolute atomic E-state index is 12.6. The number of para-hydroxylation sites is 1. The molecule has 7 nitrogen and oxygen atoms in total. The first-order valence-corrected chi connectivity index (χ1v) is 11.3. The summed E-state index contributed by atoms with van der Waals surface area (Å²) < 4.78 is 10.5. The number of benzene rings is 3. The van der Waals surface area contributed by atoms with Crippen LogP contribution < -0.4 is 9.64 Å². The molecule has 1 heterocycles. The summed E-state index contributed by atoms with van der Waals surface area (Å²) >= 11 is 0. The van der Waals surface area contributed by atoms with E-state index < -0.39 is 30.2 Å². The van der Waals surface area contributed by atoms with E-state index >= 15 is 0 Å². The minimum atomic E-state index is -0.630. The molecule has 7 heteroatoms. The largest absolute Gasteiger partial charge is 0.457 e. The number of ketones is 1. The number of hydrogen-bond acceptors (Lipinski definition) is 6. The van der Waals surface area contributed by atoms with Gasteiger partial charge in [0.25, 0.3) is 0 Å². The molecule has 1 fully saturated rings. The van der Waals surface area contributed by atoms with Gasteiger partial charge in [0.1, 0.15) is 5.75 Å². The molecule has 1 atom stereocenters. The fraction of sp³-hybridized carbons (Fsp3) is 0.214. The molecule has 1 saturated heterocycles. The van der Waals surface area contributed by atoms with Crippen LogP contribution in [0.25, 0.3) is 0 Å². The topological polar surface area (TPSA) is 90.0 Å². The van der Waals surface area contributed by atoms with Crippen LogP contribution in [0.2, 0.25) is 0 Å². The molecule has 0 aromatic heterocycles. The van der Waals surface area contributed by atoms with E-state index in [9.17, 15) is 19.2 Å². The van der Waals surface area contributed by atoms with E-state index in [-0.39, 0.29) is 18.9 Å². The van der Waals surface area contributed by atoms with Crippen LogP contribution in [0, 0.1) is 19.8 Å². The Morgan fingerprint density at radius 3 is 2.17 bits per heavy atom. The smallest absolute Gasteiger partial charge is 0.343 e. The van der Waals surface area contributed by atoms with Gasteiger partial charge in [-0.25, -0.2) is 4.79 Å². The minimum Gasteiger partial charge on any atom is -0.457 e. The normalized spacial score (nSPS) is 15.1. The first-order valence-electron chi connectivity index (χ1n) is 11.3. The van der Waals surface area contributed by atoms with Crippen molar-refractivity contribution in [1.82, 2.24) is 0 Å². The molecule has 35 heavy (non-hydrogen) atoms. The molecule has 0 saturated carbocycles. The van der Waals surface area contributed by atoms with Crippen LogP contribution >= 0.6 is 0 Å². The van der Waals surface area contributed by atoms with Crippen LogP contribution in [0.5, 0.6) is 5.75 Å². The van der Waals surface area contributed by atoms with Gasteiger partial charge in [0.05, 0.1) is 11.5 Å². The Bertz CT molecular complexity index is 1250. The molecular weight excluding hydrogens is 446 g/mol. The van der Waals surface area contributed by atoms with Gasteiger partial charge in [0.15, 0.2) is 12.4 Å². The number of amides is 1. The quantitative estimate of drug-likeness (QED) is 0.290. The number of carbonyl (C=O) groups excluding carboxylic acids is 4. The third kappa shape index (κ3) is 5.46. The highest BCUT2D eigenvalue weighted by molar-refractivity contribution is 6.02. The summed E-state index contributed by atoms with van der Waals surface area (Å²) in [4.78, 5) is 51.4. The van der Waals surface area contributed by atoms with Crippen LogP contribution in [-0.2, 0) is 14.3 Å². The zero-order valence-corrected chi connectivity index (χ0v) is 19.5. The van der Waals surface area contributed by atoms with E-state index in [0.29, 0.717) is 16.9 Å². The Morgan fingerprint density at radius 1 is 0.857 bits per heavy atom. The van der Waals surface area contributed by atoms with Crippen molar-refractivity contribution >= 4 is 29.3 Å². The first kappa shape index (κ1) is 23.9. The summed E-state index contributed by atoms with van der Waals surface area (Å²) in [6.45, 7) is 3.64. The molecule has 0 spiro atoms. The summed E-state index contributed by atoms with van der Waals surface area (Å²) in [6.07, 6.45) is 0.0439. The van der Waals surface area contributed by atoms with Gasteiger partial charge in [-0.3, -0.25) is 14.4 Å². The molecule has 0 aliphatic carbocycles. The van der Waals surface area contributed by atoms with Crippen LogP contribution in [0.4, 0.5) is 5.69 Å². The lowest BCUT2D eigenvalue weighted by molar-refractivity contribution is -0.147. The molecule has 1 aliphatic rings. The molecule has 1 amide bonds. The highest BCUT2D eigenvalue weighted by Gasteiger charge is 2.37. The SMILES string of the molecule is Cc1cccc(C)c1N1C[C@H](C(=O)OCC(=O)c2ccc(OC(=O)c3ccccc3)cc2)CC1=O. The van der Waals surface area contributed by atoms with Gasteiger partial charge in [0, 0.05) is 24.2 Å². The highest BCUT2D eigenvalue weighted by atomic mass is 16.5. The van der Waals surface area contributed by atoms with Gasteiger partial charge in [-0.2, -0.15) is 0 Å². The molecule has 4 rings (SSSR count). The zero-order chi connectivity index (χ0) is 24.9. The van der Waals surface area contributed by atoms with E-state index in [1.165, 1.54) is 24.3 Å². The third-order valence-electron chi connectivity index (χ3n) is 5.91. The Labute approximate surface area is 203 Å². The molecule has 0 radical (unpaired) electrons. The number of rotatable bonds is 7.